The van der Waals surface area contributed by atoms with E-state index in [1.807, 2.05) is 42.5 Å². The van der Waals surface area contributed by atoms with Gasteiger partial charge in [0.25, 0.3) is 0 Å². The largest absolute Gasteiger partial charge is 0.497 e. The third-order valence-electron chi connectivity index (χ3n) is 3.77. The number of likely N-dealkylation sites (N-methyl/N-ethyl adjacent to an activating group) is 1. The number of benzene rings is 2. The van der Waals surface area contributed by atoms with E-state index in [2.05, 4.69) is 0 Å². The fourth-order valence-electron chi connectivity index (χ4n) is 2.56. The van der Waals surface area contributed by atoms with E-state index in [9.17, 15) is 8.42 Å². The summed E-state index contributed by atoms with van der Waals surface area (Å²) in [7, 11) is -0.150. The summed E-state index contributed by atoms with van der Waals surface area (Å²) in [5.74, 6) is 0.797. The number of sulfonamides is 1. The zero-order valence-electron chi connectivity index (χ0n) is 12.5. The fraction of sp³-hybridized carbons (Fsp3) is 0.176. The number of ether oxygens (including phenoxy) is 1. The second-order valence-electron chi connectivity index (χ2n) is 5.20. The van der Waals surface area contributed by atoms with Crippen molar-refractivity contribution in [3.63, 3.8) is 0 Å². The molecule has 0 radical (unpaired) electrons. The minimum Gasteiger partial charge on any atom is -0.497 e. The molecular formula is C17H17NO3S. The Hall–Kier alpha value is -2.11. The van der Waals surface area contributed by atoms with Gasteiger partial charge in [0.15, 0.2) is 0 Å². The quantitative estimate of drug-likeness (QED) is 0.856. The van der Waals surface area contributed by atoms with Crippen LogP contribution in [0.25, 0.3) is 11.6 Å². The molecule has 0 N–H and O–H groups in total. The van der Waals surface area contributed by atoms with Crippen LogP contribution in [0.5, 0.6) is 5.75 Å². The maximum atomic E-state index is 12.4. The van der Waals surface area contributed by atoms with E-state index in [4.69, 9.17) is 4.74 Å². The van der Waals surface area contributed by atoms with Crippen LogP contribution in [0.4, 0.5) is 0 Å². The minimum absolute atomic E-state index is 0.364. The molecule has 1 heterocycles. The Kier molecular flexibility index (Phi) is 3.76. The lowest BCUT2D eigenvalue weighted by Crippen LogP contribution is -2.33. The fourth-order valence-corrected chi connectivity index (χ4v) is 3.93. The zero-order chi connectivity index (χ0) is 15.7. The molecule has 22 heavy (non-hydrogen) atoms. The number of rotatable bonds is 2. The topological polar surface area (TPSA) is 46.6 Å². The van der Waals surface area contributed by atoms with Gasteiger partial charge in [-0.1, -0.05) is 30.3 Å². The van der Waals surface area contributed by atoms with E-state index < -0.39 is 10.0 Å². The summed E-state index contributed by atoms with van der Waals surface area (Å²) in [4.78, 5) is 0.364. The molecular weight excluding hydrogens is 298 g/mol. The average Bonchev–Trinajstić information content (AvgIpc) is 2.53. The number of nitrogens with zero attached hydrogens (tertiary/aromatic N) is 1. The summed E-state index contributed by atoms with van der Waals surface area (Å²) in [6.45, 7) is 0.366. The van der Waals surface area contributed by atoms with Gasteiger partial charge in [-0.05, 0) is 41.0 Å². The highest BCUT2D eigenvalue weighted by atomic mass is 32.2. The van der Waals surface area contributed by atoms with E-state index in [-0.39, 0.29) is 0 Å². The van der Waals surface area contributed by atoms with Gasteiger partial charge in [-0.3, -0.25) is 0 Å². The Labute approximate surface area is 130 Å². The first-order valence-electron chi connectivity index (χ1n) is 6.93. The van der Waals surface area contributed by atoms with Gasteiger partial charge in [0.05, 0.1) is 12.0 Å². The molecule has 1 aliphatic heterocycles. The molecule has 0 fully saturated rings. The summed E-state index contributed by atoms with van der Waals surface area (Å²) in [6, 6.07) is 14.8. The summed E-state index contributed by atoms with van der Waals surface area (Å²) in [5, 5.41) is 0. The monoisotopic (exact) mass is 315 g/mol. The van der Waals surface area contributed by atoms with Gasteiger partial charge in [-0.2, -0.15) is 4.31 Å². The lowest BCUT2D eigenvalue weighted by atomic mass is 10.0. The second kappa shape index (κ2) is 5.59. The molecule has 0 saturated heterocycles. The van der Waals surface area contributed by atoms with Gasteiger partial charge in [0.2, 0.25) is 10.0 Å². The van der Waals surface area contributed by atoms with Gasteiger partial charge in [-0.15, -0.1) is 0 Å². The zero-order valence-corrected chi connectivity index (χ0v) is 13.3. The Morgan fingerprint density at radius 3 is 2.45 bits per heavy atom. The van der Waals surface area contributed by atoms with Crippen molar-refractivity contribution in [2.24, 2.45) is 0 Å². The third kappa shape index (κ3) is 2.53. The predicted molar refractivity (Wildman–Crippen MR) is 87.1 cm³/mol. The summed E-state index contributed by atoms with van der Waals surface area (Å²) in [5.41, 5.74) is 2.77. The molecule has 0 spiro atoms. The van der Waals surface area contributed by atoms with Crippen molar-refractivity contribution in [1.82, 2.24) is 4.31 Å². The smallest absolute Gasteiger partial charge is 0.243 e. The van der Waals surface area contributed by atoms with Crippen LogP contribution < -0.4 is 4.74 Å². The van der Waals surface area contributed by atoms with Crippen molar-refractivity contribution in [3.05, 3.63) is 59.7 Å². The van der Waals surface area contributed by atoms with E-state index in [0.29, 0.717) is 11.4 Å². The Morgan fingerprint density at radius 1 is 1.09 bits per heavy atom. The Morgan fingerprint density at radius 2 is 1.77 bits per heavy atom. The highest BCUT2D eigenvalue weighted by Gasteiger charge is 2.30. The molecule has 5 heteroatoms. The number of fused-ring (bicyclic) bond motifs is 1. The first-order valence-corrected chi connectivity index (χ1v) is 8.37. The molecule has 0 aromatic heterocycles. The van der Waals surface area contributed by atoms with Crippen molar-refractivity contribution in [2.75, 3.05) is 20.7 Å². The number of hydrogen-bond acceptors (Lipinski definition) is 3. The lowest BCUT2D eigenvalue weighted by Gasteiger charge is -2.27. The molecule has 3 rings (SSSR count). The van der Waals surface area contributed by atoms with Crippen molar-refractivity contribution < 1.29 is 13.2 Å². The minimum atomic E-state index is -3.38. The molecule has 4 nitrogen and oxygen atoms in total. The SMILES string of the molecule is COc1ccc(/C=C2\CN(C)S(=O)(=O)c3ccccc32)cc1. The van der Waals surface area contributed by atoms with Crippen LogP contribution in [0.2, 0.25) is 0 Å². The van der Waals surface area contributed by atoms with Crippen LogP contribution in [0.3, 0.4) is 0 Å². The first kappa shape index (κ1) is 14.8. The average molecular weight is 315 g/mol. The molecule has 0 aliphatic carbocycles. The van der Waals surface area contributed by atoms with Crippen LogP contribution in [-0.4, -0.2) is 33.4 Å². The van der Waals surface area contributed by atoms with E-state index in [1.165, 1.54) is 4.31 Å². The van der Waals surface area contributed by atoms with Crippen molar-refractivity contribution >= 4 is 21.7 Å². The van der Waals surface area contributed by atoms with Crippen LogP contribution in [0.1, 0.15) is 11.1 Å². The maximum absolute atomic E-state index is 12.4. The molecule has 0 bridgehead atoms. The van der Waals surface area contributed by atoms with Crippen molar-refractivity contribution in [1.29, 1.82) is 0 Å². The van der Waals surface area contributed by atoms with E-state index >= 15 is 0 Å². The molecule has 0 saturated carbocycles. The summed E-state index contributed by atoms with van der Waals surface area (Å²) >= 11 is 0. The normalized spacial score (nSPS) is 18.9. The van der Waals surface area contributed by atoms with Crippen molar-refractivity contribution in [2.45, 2.75) is 4.90 Å². The van der Waals surface area contributed by atoms with E-state index in [0.717, 1.165) is 22.4 Å². The van der Waals surface area contributed by atoms with Crippen molar-refractivity contribution in [3.8, 4) is 5.75 Å². The van der Waals surface area contributed by atoms with Gasteiger partial charge >= 0.3 is 0 Å². The van der Waals surface area contributed by atoms with Gasteiger partial charge < -0.3 is 4.74 Å². The Bertz CT molecular complexity index is 823. The molecule has 114 valence electrons. The lowest BCUT2D eigenvalue weighted by molar-refractivity contribution is 0.415. The van der Waals surface area contributed by atoms with Crippen LogP contribution >= 0.6 is 0 Å². The molecule has 0 amide bonds. The Balaban J connectivity index is 2.09. The van der Waals surface area contributed by atoms with Crippen LogP contribution in [-0.2, 0) is 10.0 Å². The van der Waals surface area contributed by atoms with E-state index in [1.54, 1.807) is 26.3 Å². The molecule has 0 atom stereocenters. The highest BCUT2D eigenvalue weighted by Crippen LogP contribution is 2.33. The third-order valence-corrected chi connectivity index (χ3v) is 5.63. The molecule has 2 aromatic carbocycles. The predicted octanol–water partition coefficient (Wildman–Crippen LogP) is 2.87. The standard InChI is InChI=1S/C17H17NO3S/c1-18-12-14(11-13-7-9-15(21-2)10-8-13)16-5-3-4-6-17(16)22(18,19)20/h3-11H,12H2,1-2H3/b14-11+. The second-order valence-corrected chi connectivity index (χ2v) is 7.21. The van der Waals surface area contributed by atoms with Crippen LogP contribution in [0, 0.1) is 0 Å². The van der Waals surface area contributed by atoms with Gasteiger partial charge in [-0.25, -0.2) is 8.42 Å². The first-order chi connectivity index (χ1) is 10.5. The molecule has 2 aromatic rings. The highest BCUT2D eigenvalue weighted by molar-refractivity contribution is 7.89. The summed E-state index contributed by atoms with van der Waals surface area (Å²) < 4.78 is 31.3. The van der Waals surface area contributed by atoms with Crippen LogP contribution in [0.15, 0.2) is 53.4 Å². The van der Waals surface area contributed by atoms with Gasteiger partial charge in [0, 0.05) is 13.6 Å². The summed E-state index contributed by atoms with van der Waals surface area (Å²) in [6.07, 6.45) is 2.02. The number of methoxy groups -OCH3 is 1. The maximum Gasteiger partial charge on any atom is 0.243 e. The number of hydrogen-bond donors (Lipinski definition) is 0. The van der Waals surface area contributed by atoms with Gasteiger partial charge in [0.1, 0.15) is 5.75 Å². The molecule has 0 unspecified atom stereocenters. The molecule has 1 aliphatic rings.